The number of halogens is 1. The van der Waals surface area contributed by atoms with Gasteiger partial charge in [-0.3, -0.25) is 0 Å². The third-order valence-electron chi connectivity index (χ3n) is 4.06. The molecular formula is C15H18ClN3S. The lowest BCUT2D eigenvalue weighted by molar-refractivity contribution is 0.535. The molecule has 4 rings (SSSR count). The number of aromatic nitrogens is 2. The second kappa shape index (κ2) is 5.24. The van der Waals surface area contributed by atoms with Gasteiger partial charge in [0.2, 0.25) is 0 Å². The van der Waals surface area contributed by atoms with Crippen molar-refractivity contribution in [1.82, 2.24) is 14.9 Å². The summed E-state index contributed by atoms with van der Waals surface area (Å²) in [7, 11) is 0. The van der Waals surface area contributed by atoms with Crippen molar-refractivity contribution in [1.29, 1.82) is 0 Å². The first-order chi connectivity index (χ1) is 9.81. The monoisotopic (exact) mass is 307 g/mol. The highest BCUT2D eigenvalue weighted by atomic mass is 35.5. The molecule has 1 aliphatic heterocycles. The zero-order valence-electron chi connectivity index (χ0n) is 11.3. The summed E-state index contributed by atoms with van der Waals surface area (Å²) in [6.45, 7) is 1.12. The van der Waals surface area contributed by atoms with E-state index in [2.05, 4.69) is 16.0 Å². The third-order valence-corrected chi connectivity index (χ3v) is 5.43. The van der Waals surface area contributed by atoms with Crippen LogP contribution in [0.2, 0.25) is 5.02 Å². The minimum absolute atomic E-state index is 0.554. The van der Waals surface area contributed by atoms with E-state index in [1.54, 1.807) is 0 Å². The van der Waals surface area contributed by atoms with Gasteiger partial charge < -0.3 is 9.88 Å². The van der Waals surface area contributed by atoms with Crippen LogP contribution in [0.3, 0.4) is 0 Å². The van der Waals surface area contributed by atoms with Gasteiger partial charge in [0.1, 0.15) is 5.82 Å². The van der Waals surface area contributed by atoms with Gasteiger partial charge in [-0.1, -0.05) is 11.6 Å². The molecule has 2 aromatic rings. The molecule has 1 aliphatic carbocycles. The molecule has 1 saturated heterocycles. The number of thioether (sulfide) groups is 1. The van der Waals surface area contributed by atoms with E-state index in [0.717, 1.165) is 23.5 Å². The summed E-state index contributed by atoms with van der Waals surface area (Å²) >= 11 is 8.20. The quantitative estimate of drug-likeness (QED) is 0.944. The molecule has 1 aromatic heterocycles. The standard InChI is InChI=1S/C15H18ClN3S/c16-10-1-4-13-14(7-10)19(12-2-3-12)15(18-13)8-11-9-20-6-5-17-11/h1,4,7,11-12,17H,2-3,5-6,8-9H2. The van der Waals surface area contributed by atoms with E-state index < -0.39 is 0 Å². The van der Waals surface area contributed by atoms with Crippen LogP contribution in [-0.2, 0) is 6.42 Å². The number of imidazole rings is 1. The minimum Gasteiger partial charge on any atom is -0.325 e. The molecule has 2 heterocycles. The van der Waals surface area contributed by atoms with Crippen molar-refractivity contribution in [3.05, 3.63) is 29.0 Å². The van der Waals surface area contributed by atoms with E-state index in [0.29, 0.717) is 12.1 Å². The average Bonchev–Trinajstić information content (AvgIpc) is 3.23. The molecule has 1 saturated carbocycles. The number of rotatable bonds is 3. The van der Waals surface area contributed by atoms with E-state index in [-0.39, 0.29) is 0 Å². The van der Waals surface area contributed by atoms with Crippen molar-refractivity contribution in [2.45, 2.75) is 31.3 Å². The Bertz CT molecular complexity index is 629. The SMILES string of the molecule is Clc1ccc2nc(CC3CSCCN3)n(C3CC3)c2c1. The molecule has 1 N–H and O–H groups in total. The van der Waals surface area contributed by atoms with Crippen LogP contribution in [0, 0.1) is 0 Å². The first kappa shape index (κ1) is 13.0. The molecule has 0 radical (unpaired) electrons. The van der Waals surface area contributed by atoms with Crippen molar-refractivity contribution < 1.29 is 0 Å². The fourth-order valence-corrected chi connectivity index (χ4v) is 4.09. The number of benzene rings is 1. The largest absolute Gasteiger partial charge is 0.325 e. The highest BCUT2D eigenvalue weighted by molar-refractivity contribution is 7.99. The van der Waals surface area contributed by atoms with Gasteiger partial charge >= 0.3 is 0 Å². The number of hydrogen-bond donors (Lipinski definition) is 1. The first-order valence-electron chi connectivity index (χ1n) is 7.29. The molecule has 1 aromatic carbocycles. The molecule has 0 spiro atoms. The molecule has 2 aliphatic rings. The zero-order chi connectivity index (χ0) is 13.5. The van der Waals surface area contributed by atoms with E-state index in [9.17, 15) is 0 Å². The molecule has 20 heavy (non-hydrogen) atoms. The Balaban J connectivity index is 1.72. The van der Waals surface area contributed by atoms with Gasteiger partial charge in [0.05, 0.1) is 11.0 Å². The summed E-state index contributed by atoms with van der Waals surface area (Å²) in [6, 6.07) is 7.24. The van der Waals surface area contributed by atoms with Gasteiger partial charge in [0, 0.05) is 41.6 Å². The number of hydrogen-bond acceptors (Lipinski definition) is 3. The van der Waals surface area contributed by atoms with Crippen LogP contribution >= 0.6 is 23.4 Å². The molecule has 2 fully saturated rings. The summed E-state index contributed by atoms with van der Waals surface area (Å²) in [5, 5.41) is 4.41. The Morgan fingerprint density at radius 2 is 2.30 bits per heavy atom. The van der Waals surface area contributed by atoms with Crippen molar-refractivity contribution >= 4 is 34.4 Å². The topological polar surface area (TPSA) is 29.9 Å². The Kier molecular flexibility index (Phi) is 3.41. The van der Waals surface area contributed by atoms with Gasteiger partial charge in [-0.05, 0) is 31.0 Å². The van der Waals surface area contributed by atoms with Gasteiger partial charge in [0.25, 0.3) is 0 Å². The number of nitrogens with one attached hydrogen (secondary N) is 1. The number of nitrogens with zero attached hydrogens (tertiary/aromatic N) is 2. The summed E-state index contributed by atoms with van der Waals surface area (Å²) in [5.74, 6) is 3.64. The summed E-state index contributed by atoms with van der Waals surface area (Å²) in [4.78, 5) is 4.86. The lowest BCUT2D eigenvalue weighted by Gasteiger charge is -2.23. The highest BCUT2D eigenvalue weighted by Gasteiger charge is 2.29. The fraction of sp³-hybridized carbons (Fsp3) is 0.533. The normalized spacial score (nSPS) is 23.4. The van der Waals surface area contributed by atoms with Gasteiger partial charge in [-0.15, -0.1) is 0 Å². The second-order valence-electron chi connectivity index (χ2n) is 5.69. The van der Waals surface area contributed by atoms with Gasteiger partial charge in [-0.2, -0.15) is 11.8 Å². The number of fused-ring (bicyclic) bond motifs is 1. The van der Waals surface area contributed by atoms with Crippen molar-refractivity contribution in [2.24, 2.45) is 0 Å². The zero-order valence-corrected chi connectivity index (χ0v) is 12.9. The van der Waals surface area contributed by atoms with Crippen LogP contribution in [0.5, 0.6) is 0 Å². The van der Waals surface area contributed by atoms with Crippen LogP contribution < -0.4 is 5.32 Å². The molecular weight excluding hydrogens is 290 g/mol. The van der Waals surface area contributed by atoms with Gasteiger partial charge in [0.15, 0.2) is 0 Å². The third kappa shape index (κ3) is 2.45. The van der Waals surface area contributed by atoms with Crippen LogP contribution in [0.1, 0.15) is 24.7 Å². The first-order valence-corrected chi connectivity index (χ1v) is 8.82. The lowest BCUT2D eigenvalue weighted by Crippen LogP contribution is -2.39. The van der Waals surface area contributed by atoms with E-state index >= 15 is 0 Å². The highest BCUT2D eigenvalue weighted by Crippen LogP contribution is 2.39. The van der Waals surface area contributed by atoms with E-state index in [4.69, 9.17) is 16.6 Å². The molecule has 1 atom stereocenters. The Morgan fingerprint density at radius 1 is 1.40 bits per heavy atom. The molecule has 0 amide bonds. The van der Waals surface area contributed by atoms with Crippen LogP contribution in [0.25, 0.3) is 11.0 Å². The van der Waals surface area contributed by atoms with E-state index in [1.807, 2.05) is 23.9 Å². The molecule has 0 bridgehead atoms. The Hall–Kier alpha value is -0.710. The Labute approximate surface area is 128 Å². The summed E-state index contributed by atoms with van der Waals surface area (Å²) in [6.07, 6.45) is 3.57. The predicted octanol–water partition coefficient (Wildman–Crippen LogP) is 3.27. The fourth-order valence-electron chi connectivity index (χ4n) is 2.97. The Morgan fingerprint density at radius 3 is 3.05 bits per heavy atom. The summed E-state index contributed by atoms with van der Waals surface area (Å²) < 4.78 is 2.43. The molecule has 5 heteroatoms. The molecule has 3 nitrogen and oxygen atoms in total. The minimum atomic E-state index is 0.554. The van der Waals surface area contributed by atoms with Crippen LogP contribution in [-0.4, -0.2) is 33.6 Å². The summed E-state index contributed by atoms with van der Waals surface area (Å²) in [5.41, 5.74) is 2.29. The van der Waals surface area contributed by atoms with E-state index in [1.165, 1.54) is 35.7 Å². The maximum atomic E-state index is 6.16. The lowest BCUT2D eigenvalue weighted by atomic mass is 10.2. The van der Waals surface area contributed by atoms with Crippen molar-refractivity contribution in [2.75, 3.05) is 18.1 Å². The molecule has 1 unspecified atom stereocenters. The molecule has 106 valence electrons. The second-order valence-corrected chi connectivity index (χ2v) is 7.28. The predicted molar refractivity (Wildman–Crippen MR) is 85.8 cm³/mol. The maximum Gasteiger partial charge on any atom is 0.111 e. The van der Waals surface area contributed by atoms with Crippen LogP contribution in [0.15, 0.2) is 18.2 Å². The average molecular weight is 308 g/mol. The smallest absolute Gasteiger partial charge is 0.111 e. The van der Waals surface area contributed by atoms with Crippen molar-refractivity contribution in [3.8, 4) is 0 Å². The van der Waals surface area contributed by atoms with Crippen LogP contribution in [0.4, 0.5) is 0 Å². The maximum absolute atomic E-state index is 6.16. The van der Waals surface area contributed by atoms with Gasteiger partial charge in [-0.25, -0.2) is 4.98 Å². The van der Waals surface area contributed by atoms with Crippen molar-refractivity contribution in [3.63, 3.8) is 0 Å².